The summed E-state index contributed by atoms with van der Waals surface area (Å²) >= 11 is 0. The molecule has 1 aliphatic rings. The summed E-state index contributed by atoms with van der Waals surface area (Å²) in [4.78, 5) is 0.107. The van der Waals surface area contributed by atoms with Gasteiger partial charge in [0.25, 0.3) is 0 Å². The van der Waals surface area contributed by atoms with E-state index in [9.17, 15) is 16.8 Å². The molecule has 0 bridgehead atoms. The molecule has 0 aromatic heterocycles. The zero-order valence-corrected chi connectivity index (χ0v) is 13.7. The number of anilines is 1. The summed E-state index contributed by atoms with van der Waals surface area (Å²) in [5.41, 5.74) is 7.46. The van der Waals surface area contributed by atoms with Crippen LogP contribution in [0.3, 0.4) is 0 Å². The van der Waals surface area contributed by atoms with Crippen molar-refractivity contribution in [1.82, 2.24) is 4.72 Å². The standard InChI is InChI=1S/C13H20N2O4S2/c1-9-6-11(14)7-13(10(9)2)21(18,19)15-8-12-4-3-5-20(12,16)17/h6-7,12,15H,3-5,8,14H2,1-2H3. The maximum atomic E-state index is 12.4. The van der Waals surface area contributed by atoms with Crippen molar-refractivity contribution in [2.45, 2.75) is 36.8 Å². The summed E-state index contributed by atoms with van der Waals surface area (Å²) in [7, 11) is -6.94. The molecule has 1 atom stereocenters. The summed E-state index contributed by atoms with van der Waals surface area (Å²) in [6.07, 6.45) is 1.09. The Kier molecular flexibility index (Phi) is 4.32. The predicted octanol–water partition coefficient (Wildman–Crippen LogP) is 0.741. The Hall–Kier alpha value is -1.12. The molecule has 118 valence electrons. The molecule has 1 aromatic carbocycles. The molecule has 2 rings (SSSR count). The maximum absolute atomic E-state index is 12.4. The molecule has 1 aliphatic heterocycles. The highest BCUT2D eigenvalue weighted by atomic mass is 32.2. The molecule has 1 heterocycles. The van der Waals surface area contributed by atoms with Crippen molar-refractivity contribution in [2.75, 3.05) is 18.0 Å². The van der Waals surface area contributed by atoms with Crippen LogP contribution in [0.15, 0.2) is 17.0 Å². The minimum Gasteiger partial charge on any atom is -0.399 e. The van der Waals surface area contributed by atoms with Gasteiger partial charge >= 0.3 is 0 Å². The minimum absolute atomic E-state index is 0.0854. The first-order chi connectivity index (χ1) is 9.63. The Morgan fingerprint density at radius 2 is 2.00 bits per heavy atom. The zero-order chi connectivity index (χ0) is 15.8. The second-order valence-corrected chi connectivity index (χ2v) is 9.58. The number of sulfone groups is 1. The molecule has 3 N–H and O–H groups in total. The fourth-order valence-electron chi connectivity index (χ4n) is 2.50. The average molecular weight is 332 g/mol. The van der Waals surface area contributed by atoms with Crippen molar-refractivity contribution < 1.29 is 16.8 Å². The van der Waals surface area contributed by atoms with Crippen LogP contribution < -0.4 is 10.5 Å². The first-order valence-electron chi connectivity index (χ1n) is 6.71. The van der Waals surface area contributed by atoms with Gasteiger partial charge in [-0.3, -0.25) is 0 Å². The molecule has 1 aromatic rings. The van der Waals surface area contributed by atoms with Gasteiger partial charge in [0.2, 0.25) is 10.0 Å². The highest BCUT2D eigenvalue weighted by Gasteiger charge is 2.32. The van der Waals surface area contributed by atoms with E-state index >= 15 is 0 Å². The third kappa shape index (κ3) is 3.38. The molecule has 0 aliphatic carbocycles. The van der Waals surface area contributed by atoms with E-state index in [-0.39, 0.29) is 17.2 Å². The van der Waals surface area contributed by atoms with Crippen molar-refractivity contribution in [2.24, 2.45) is 0 Å². The SMILES string of the molecule is Cc1cc(N)cc(S(=O)(=O)NCC2CCCS2(=O)=O)c1C. The van der Waals surface area contributed by atoms with Crippen molar-refractivity contribution in [3.63, 3.8) is 0 Å². The molecular weight excluding hydrogens is 312 g/mol. The van der Waals surface area contributed by atoms with Crippen LogP contribution in [0.25, 0.3) is 0 Å². The van der Waals surface area contributed by atoms with Gasteiger partial charge in [-0.25, -0.2) is 21.6 Å². The second-order valence-electron chi connectivity index (χ2n) is 5.44. The molecule has 1 fully saturated rings. The van der Waals surface area contributed by atoms with Crippen LogP contribution in [-0.2, 0) is 19.9 Å². The molecule has 0 amide bonds. The monoisotopic (exact) mass is 332 g/mol. The third-order valence-electron chi connectivity index (χ3n) is 3.90. The van der Waals surface area contributed by atoms with Gasteiger partial charge in [-0.2, -0.15) is 0 Å². The van der Waals surface area contributed by atoms with Gasteiger partial charge in [0.1, 0.15) is 0 Å². The largest absolute Gasteiger partial charge is 0.399 e. The van der Waals surface area contributed by atoms with Crippen LogP contribution in [0.2, 0.25) is 0 Å². The zero-order valence-electron chi connectivity index (χ0n) is 12.1. The fourth-order valence-corrected chi connectivity index (χ4v) is 5.80. The third-order valence-corrected chi connectivity index (χ3v) is 7.72. The van der Waals surface area contributed by atoms with Crippen LogP contribution in [0.4, 0.5) is 5.69 Å². The summed E-state index contributed by atoms with van der Waals surface area (Å²) < 4.78 is 50.6. The maximum Gasteiger partial charge on any atom is 0.240 e. The Morgan fingerprint density at radius 3 is 2.57 bits per heavy atom. The van der Waals surface area contributed by atoms with Crippen molar-refractivity contribution in [3.8, 4) is 0 Å². The fraction of sp³-hybridized carbons (Fsp3) is 0.538. The van der Waals surface area contributed by atoms with Crippen LogP contribution in [0, 0.1) is 13.8 Å². The number of aryl methyl sites for hydroxylation is 1. The van der Waals surface area contributed by atoms with Crippen LogP contribution in [0.5, 0.6) is 0 Å². The normalized spacial score (nSPS) is 21.5. The molecule has 0 radical (unpaired) electrons. The van der Waals surface area contributed by atoms with Gasteiger partial charge < -0.3 is 5.73 Å². The van der Waals surface area contributed by atoms with Gasteiger partial charge in [0.05, 0.1) is 15.9 Å². The molecule has 21 heavy (non-hydrogen) atoms. The lowest BCUT2D eigenvalue weighted by atomic mass is 10.1. The van der Waals surface area contributed by atoms with Crippen LogP contribution in [0.1, 0.15) is 24.0 Å². The molecule has 0 spiro atoms. The summed E-state index contributed by atoms with van der Waals surface area (Å²) in [5, 5.41) is -0.630. The van der Waals surface area contributed by atoms with E-state index in [1.807, 2.05) is 0 Å². The van der Waals surface area contributed by atoms with E-state index in [4.69, 9.17) is 5.73 Å². The topological polar surface area (TPSA) is 106 Å². The van der Waals surface area contributed by atoms with Gasteiger partial charge in [0, 0.05) is 12.2 Å². The molecule has 1 unspecified atom stereocenters. The van der Waals surface area contributed by atoms with Crippen LogP contribution in [-0.4, -0.2) is 34.4 Å². The Labute approximate surface area is 125 Å². The minimum atomic E-state index is -3.77. The van der Waals surface area contributed by atoms with Crippen molar-refractivity contribution >= 4 is 25.5 Å². The predicted molar refractivity (Wildman–Crippen MR) is 82.3 cm³/mol. The van der Waals surface area contributed by atoms with Crippen LogP contribution >= 0.6 is 0 Å². The highest BCUT2D eigenvalue weighted by Crippen LogP contribution is 2.23. The van der Waals surface area contributed by atoms with Gasteiger partial charge in [-0.15, -0.1) is 0 Å². The quantitative estimate of drug-likeness (QED) is 0.791. The number of hydrogen-bond acceptors (Lipinski definition) is 5. The van der Waals surface area contributed by atoms with Gasteiger partial charge in [-0.05, 0) is 49.9 Å². The summed E-state index contributed by atoms with van der Waals surface area (Å²) in [5.74, 6) is 0.135. The Balaban J connectivity index is 2.24. The number of benzene rings is 1. The first-order valence-corrected chi connectivity index (χ1v) is 9.91. The average Bonchev–Trinajstić information content (AvgIpc) is 2.70. The van der Waals surface area contributed by atoms with E-state index in [1.165, 1.54) is 6.07 Å². The molecule has 0 saturated carbocycles. The second kappa shape index (κ2) is 5.58. The molecular formula is C13H20N2O4S2. The smallest absolute Gasteiger partial charge is 0.240 e. The molecule has 8 heteroatoms. The Bertz CT molecular complexity index is 755. The lowest BCUT2D eigenvalue weighted by Crippen LogP contribution is -2.35. The van der Waals surface area contributed by atoms with E-state index in [0.29, 0.717) is 24.1 Å². The van der Waals surface area contributed by atoms with Gasteiger partial charge in [0.15, 0.2) is 9.84 Å². The number of rotatable bonds is 4. The van der Waals surface area contributed by atoms with E-state index in [1.54, 1.807) is 19.9 Å². The van der Waals surface area contributed by atoms with Crippen molar-refractivity contribution in [1.29, 1.82) is 0 Å². The van der Waals surface area contributed by atoms with E-state index < -0.39 is 25.1 Å². The van der Waals surface area contributed by atoms with Gasteiger partial charge in [-0.1, -0.05) is 0 Å². The molecule has 6 nitrogen and oxygen atoms in total. The Morgan fingerprint density at radius 1 is 1.33 bits per heavy atom. The first kappa shape index (κ1) is 16.3. The number of nitrogens with one attached hydrogen (secondary N) is 1. The lowest BCUT2D eigenvalue weighted by Gasteiger charge is -2.14. The number of hydrogen-bond donors (Lipinski definition) is 2. The molecule has 1 saturated heterocycles. The van der Waals surface area contributed by atoms with E-state index in [2.05, 4.69) is 4.72 Å². The number of sulfonamides is 1. The van der Waals surface area contributed by atoms with Crippen molar-refractivity contribution in [3.05, 3.63) is 23.3 Å². The van der Waals surface area contributed by atoms with E-state index in [0.717, 1.165) is 5.56 Å². The number of nitrogens with two attached hydrogens (primary N) is 1. The number of nitrogen functional groups attached to an aromatic ring is 1. The lowest BCUT2D eigenvalue weighted by molar-refractivity contribution is 0.570. The highest BCUT2D eigenvalue weighted by molar-refractivity contribution is 7.92. The summed E-state index contributed by atoms with van der Waals surface area (Å²) in [6.45, 7) is 3.40. The summed E-state index contributed by atoms with van der Waals surface area (Å²) in [6, 6.07) is 3.10.